The molecule has 0 aromatic heterocycles. The Morgan fingerprint density at radius 1 is 1.25 bits per heavy atom. The van der Waals surface area contributed by atoms with Gasteiger partial charge in [-0.1, -0.05) is 0 Å². The molecule has 3 unspecified atom stereocenters. The number of esters is 1. The third kappa shape index (κ3) is 4.71. The van der Waals surface area contributed by atoms with Crippen LogP contribution in [0.1, 0.15) is 13.8 Å². The average molecular weight is 252 g/mol. The highest BCUT2D eigenvalue weighted by atomic mass is 32.2. The van der Waals surface area contributed by atoms with Crippen LogP contribution in [0.3, 0.4) is 0 Å². The molecule has 94 valence electrons. The summed E-state index contributed by atoms with van der Waals surface area (Å²) in [6.07, 6.45) is 0. The molecule has 0 amide bonds. The molecule has 0 rings (SSSR count). The fourth-order valence-electron chi connectivity index (χ4n) is 0.843. The molecule has 0 radical (unpaired) electrons. The fraction of sp³-hybridized carbons (Fsp3) is 0.778. The molecule has 0 aromatic rings. The van der Waals surface area contributed by atoms with Gasteiger partial charge in [0.05, 0.1) is 6.61 Å². The molecule has 16 heavy (non-hydrogen) atoms. The molecule has 7 heteroatoms. The number of rotatable bonds is 7. The van der Waals surface area contributed by atoms with E-state index in [1.54, 1.807) is 0 Å². The van der Waals surface area contributed by atoms with E-state index < -0.39 is 33.2 Å². The lowest BCUT2D eigenvalue weighted by atomic mass is 10.5. The molecule has 1 N–H and O–H groups in total. The van der Waals surface area contributed by atoms with Crippen LogP contribution in [0.5, 0.6) is 0 Å². The van der Waals surface area contributed by atoms with Gasteiger partial charge in [-0.15, -0.1) is 0 Å². The number of hydrogen-bond donors (Lipinski definition) is 1. The first-order valence-corrected chi connectivity index (χ1v) is 5.97. The highest BCUT2D eigenvalue weighted by molar-refractivity contribution is 7.87. The van der Waals surface area contributed by atoms with Crippen LogP contribution < -0.4 is 0 Å². The summed E-state index contributed by atoms with van der Waals surface area (Å²) in [5, 5.41) is 6.58. The van der Waals surface area contributed by atoms with Gasteiger partial charge in [-0.25, -0.2) is 0 Å². The summed E-state index contributed by atoms with van der Waals surface area (Å²) in [7, 11) is -0.330. The van der Waals surface area contributed by atoms with Gasteiger partial charge in [0.1, 0.15) is 17.1 Å². The van der Waals surface area contributed by atoms with Crippen LogP contribution in [0.2, 0.25) is 0 Å². The Kier molecular flexibility index (Phi) is 6.91. The van der Waals surface area contributed by atoms with E-state index in [1.165, 1.54) is 21.0 Å². The van der Waals surface area contributed by atoms with Gasteiger partial charge in [-0.2, -0.15) is 0 Å². The average Bonchev–Trinajstić information content (AvgIpc) is 2.26. The minimum atomic E-state index is -1.79. The molecule has 0 heterocycles. The topological polar surface area (TPSA) is 89.9 Å². The molecule has 0 saturated carbocycles. The molecule has 0 aliphatic carbocycles. The summed E-state index contributed by atoms with van der Waals surface area (Å²) >= 11 is 0. The molecule has 0 bridgehead atoms. The van der Waals surface area contributed by atoms with Crippen molar-refractivity contribution >= 4 is 22.7 Å². The van der Waals surface area contributed by atoms with Crippen LogP contribution in [0.4, 0.5) is 0 Å². The van der Waals surface area contributed by atoms with Crippen LogP contribution in [-0.4, -0.2) is 52.1 Å². The Labute approximate surface area is 96.4 Å². The standard InChI is InChI=1S/C9H16O6S/c1-6(8(10)11)16(13)7(2)9(12)15-5-4-14-3/h6-7H,4-5H2,1-3H3,(H,10,11). The minimum Gasteiger partial charge on any atom is -0.480 e. The van der Waals surface area contributed by atoms with Crippen molar-refractivity contribution in [2.75, 3.05) is 20.3 Å². The number of carboxylic acids is 1. The smallest absolute Gasteiger partial charge is 0.321 e. The first-order chi connectivity index (χ1) is 7.41. The summed E-state index contributed by atoms with van der Waals surface area (Å²) in [6.45, 7) is 2.99. The quantitative estimate of drug-likeness (QED) is 0.498. The maximum Gasteiger partial charge on any atom is 0.321 e. The normalized spacial score (nSPS) is 16.2. The van der Waals surface area contributed by atoms with Gasteiger partial charge in [0.25, 0.3) is 0 Å². The van der Waals surface area contributed by atoms with E-state index in [-0.39, 0.29) is 13.2 Å². The number of methoxy groups -OCH3 is 1. The number of carbonyl (C=O) groups excluding carboxylic acids is 1. The molecule has 6 nitrogen and oxygen atoms in total. The molecule has 3 atom stereocenters. The Balaban J connectivity index is 4.22. The van der Waals surface area contributed by atoms with Crippen molar-refractivity contribution in [1.82, 2.24) is 0 Å². The first kappa shape index (κ1) is 15.0. The van der Waals surface area contributed by atoms with E-state index in [0.717, 1.165) is 0 Å². The fourth-order valence-corrected chi connectivity index (χ4v) is 1.91. The second kappa shape index (κ2) is 7.34. The third-order valence-corrected chi connectivity index (χ3v) is 3.70. The van der Waals surface area contributed by atoms with E-state index >= 15 is 0 Å². The van der Waals surface area contributed by atoms with Crippen LogP contribution >= 0.6 is 0 Å². The van der Waals surface area contributed by atoms with Gasteiger partial charge in [0.15, 0.2) is 0 Å². The van der Waals surface area contributed by atoms with Crippen LogP contribution in [-0.2, 0) is 29.9 Å². The predicted molar refractivity (Wildman–Crippen MR) is 57.5 cm³/mol. The van der Waals surface area contributed by atoms with Gasteiger partial charge >= 0.3 is 11.9 Å². The Morgan fingerprint density at radius 3 is 2.25 bits per heavy atom. The van der Waals surface area contributed by atoms with Crippen LogP contribution in [0.25, 0.3) is 0 Å². The number of carboxylic acid groups (broad SMARTS) is 1. The largest absolute Gasteiger partial charge is 0.480 e. The molecule has 0 spiro atoms. The van der Waals surface area contributed by atoms with Crippen molar-refractivity contribution in [3.63, 3.8) is 0 Å². The lowest BCUT2D eigenvalue weighted by Crippen LogP contribution is -2.34. The zero-order chi connectivity index (χ0) is 12.7. The van der Waals surface area contributed by atoms with Gasteiger partial charge in [-0.3, -0.25) is 13.8 Å². The second-order valence-electron chi connectivity index (χ2n) is 3.11. The van der Waals surface area contributed by atoms with Crippen molar-refractivity contribution in [3.05, 3.63) is 0 Å². The second-order valence-corrected chi connectivity index (χ2v) is 5.18. The zero-order valence-electron chi connectivity index (χ0n) is 9.47. The Hall–Kier alpha value is -0.950. The molecule has 0 aliphatic rings. The van der Waals surface area contributed by atoms with Crippen LogP contribution in [0, 0.1) is 0 Å². The van der Waals surface area contributed by atoms with Crippen LogP contribution in [0.15, 0.2) is 0 Å². The number of ether oxygens (including phenoxy) is 2. The van der Waals surface area contributed by atoms with Crippen molar-refractivity contribution in [1.29, 1.82) is 0 Å². The maximum atomic E-state index is 11.6. The van der Waals surface area contributed by atoms with Gasteiger partial charge in [-0.05, 0) is 13.8 Å². The highest BCUT2D eigenvalue weighted by Gasteiger charge is 2.29. The summed E-state index contributed by atoms with van der Waals surface area (Å²) in [5.41, 5.74) is 0. The zero-order valence-corrected chi connectivity index (χ0v) is 10.3. The number of aliphatic carboxylic acids is 1. The summed E-state index contributed by atoms with van der Waals surface area (Å²) in [5.74, 6) is -1.88. The van der Waals surface area contributed by atoms with Crippen molar-refractivity contribution in [2.45, 2.75) is 24.3 Å². The van der Waals surface area contributed by atoms with E-state index in [1.807, 2.05) is 0 Å². The monoisotopic (exact) mass is 252 g/mol. The summed E-state index contributed by atoms with van der Waals surface area (Å²) in [4.78, 5) is 21.9. The molecule has 0 saturated heterocycles. The van der Waals surface area contributed by atoms with Gasteiger partial charge in [0, 0.05) is 17.9 Å². The lowest BCUT2D eigenvalue weighted by molar-refractivity contribution is -0.143. The minimum absolute atomic E-state index is 0.0678. The first-order valence-electron chi connectivity index (χ1n) is 4.69. The number of hydrogen-bond acceptors (Lipinski definition) is 5. The van der Waals surface area contributed by atoms with E-state index in [9.17, 15) is 13.8 Å². The SMILES string of the molecule is COCCOC(=O)C(C)S(=O)C(C)C(=O)O. The maximum absolute atomic E-state index is 11.6. The molecule has 0 aromatic carbocycles. The molecular formula is C9H16O6S. The van der Waals surface area contributed by atoms with Crippen molar-refractivity contribution in [3.8, 4) is 0 Å². The van der Waals surface area contributed by atoms with E-state index in [4.69, 9.17) is 9.84 Å². The highest BCUT2D eigenvalue weighted by Crippen LogP contribution is 2.06. The molecule has 0 aliphatic heterocycles. The van der Waals surface area contributed by atoms with Crippen molar-refractivity contribution < 1.29 is 28.4 Å². The third-order valence-electron chi connectivity index (χ3n) is 1.91. The predicted octanol–water partition coefficient (Wildman–Crippen LogP) is -0.214. The van der Waals surface area contributed by atoms with E-state index in [2.05, 4.69) is 4.74 Å². The Bertz CT molecular complexity index is 277. The summed E-state index contributed by atoms with van der Waals surface area (Å²) < 4.78 is 21.0. The lowest BCUT2D eigenvalue weighted by Gasteiger charge is -2.13. The number of carbonyl (C=O) groups is 2. The Morgan fingerprint density at radius 2 is 1.81 bits per heavy atom. The van der Waals surface area contributed by atoms with E-state index in [0.29, 0.717) is 0 Å². The molecule has 0 fully saturated rings. The molecular weight excluding hydrogens is 236 g/mol. The van der Waals surface area contributed by atoms with Gasteiger partial charge < -0.3 is 14.6 Å². The van der Waals surface area contributed by atoms with Gasteiger partial charge in [0.2, 0.25) is 0 Å². The summed E-state index contributed by atoms with van der Waals surface area (Å²) in [6, 6.07) is 0. The van der Waals surface area contributed by atoms with Crippen molar-refractivity contribution in [2.24, 2.45) is 0 Å².